The van der Waals surface area contributed by atoms with Gasteiger partial charge in [-0.05, 0) is 56.8 Å². The first-order valence-electron chi connectivity index (χ1n) is 6.63. The second-order valence-electron chi connectivity index (χ2n) is 5.12. The van der Waals surface area contributed by atoms with Gasteiger partial charge < -0.3 is 11.1 Å². The molecule has 4 nitrogen and oxygen atoms in total. The van der Waals surface area contributed by atoms with E-state index >= 15 is 0 Å². The Morgan fingerprint density at radius 3 is 3.17 bits per heavy atom. The topological polar surface area (TPSA) is 68.0 Å². The van der Waals surface area contributed by atoms with Crippen LogP contribution in [0.5, 0.6) is 0 Å². The number of nitrogens with two attached hydrogens (primary N) is 1. The van der Waals surface area contributed by atoms with E-state index in [1.807, 2.05) is 13.0 Å². The van der Waals surface area contributed by atoms with Gasteiger partial charge in [0.2, 0.25) is 0 Å². The number of hydrogen-bond acceptors (Lipinski definition) is 4. The van der Waals surface area contributed by atoms with E-state index in [0.717, 1.165) is 25.1 Å². The number of aryl methyl sites for hydroxylation is 1. The zero-order chi connectivity index (χ0) is 13.0. The largest absolute Gasteiger partial charge is 0.383 e. The third kappa shape index (κ3) is 3.29. The lowest BCUT2D eigenvalue weighted by Gasteiger charge is -2.22. The molecule has 0 amide bonds. The fraction of sp³-hybridized carbons (Fsp3) is 0.571. The molecule has 1 aliphatic heterocycles. The van der Waals surface area contributed by atoms with Gasteiger partial charge in [-0.15, -0.1) is 0 Å². The molecule has 1 atom stereocenters. The molecule has 2 rings (SSSR count). The minimum absolute atomic E-state index is 0.120. The summed E-state index contributed by atoms with van der Waals surface area (Å²) in [6, 6.07) is 1.84. The van der Waals surface area contributed by atoms with Gasteiger partial charge >= 0.3 is 0 Å². The predicted molar refractivity (Wildman–Crippen MR) is 72.5 cm³/mol. The summed E-state index contributed by atoms with van der Waals surface area (Å²) >= 11 is 0. The number of anilines is 1. The van der Waals surface area contributed by atoms with Crippen molar-refractivity contribution in [3.63, 3.8) is 0 Å². The number of aromatic nitrogens is 1. The lowest BCUT2D eigenvalue weighted by molar-refractivity contribution is 0.0972. The number of carbonyl (C=O) groups excluding carboxylic acids is 1. The van der Waals surface area contributed by atoms with Crippen LogP contribution in [0.2, 0.25) is 0 Å². The van der Waals surface area contributed by atoms with Gasteiger partial charge in [0, 0.05) is 12.6 Å². The molecule has 2 heterocycles. The summed E-state index contributed by atoms with van der Waals surface area (Å²) in [5.74, 6) is 1.10. The average molecular weight is 247 g/mol. The van der Waals surface area contributed by atoms with Gasteiger partial charge in [-0.2, -0.15) is 0 Å². The van der Waals surface area contributed by atoms with E-state index in [-0.39, 0.29) is 5.78 Å². The standard InChI is InChI=1S/C14H21N3O/c1-10-7-12(14(15)17-8-10)13(18)5-4-11-3-2-6-16-9-11/h7-8,11,16H,2-6,9H2,1H3,(H2,15,17). The zero-order valence-corrected chi connectivity index (χ0v) is 10.9. The van der Waals surface area contributed by atoms with Crippen molar-refractivity contribution in [3.05, 3.63) is 23.4 Å². The highest BCUT2D eigenvalue weighted by Gasteiger charge is 2.16. The number of ketones is 1. The molecule has 0 radical (unpaired) electrons. The zero-order valence-electron chi connectivity index (χ0n) is 10.9. The molecule has 1 fully saturated rings. The summed E-state index contributed by atoms with van der Waals surface area (Å²) in [7, 11) is 0. The molecule has 0 spiro atoms. The summed E-state index contributed by atoms with van der Waals surface area (Å²) in [5, 5.41) is 3.37. The molecule has 1 aromatic rings. The van der Waals surface area contributed by atoms with Gasteiger partial charge in [0.25, 0.3) is 0 Å². The third-order valence-corrected chi connectivity index (χ3v) is 3.53. The highest BCUT2D eigenvalue weighted by atomic mass is 16.1. The molecule has 1 saturated heterocycles. The number of pyridine rings is 1. The Balaban J connectivity index is 1.92. The van der Waals surface area contributed by atoms with E-state index in [4.69, 9.17) is 5.73 Å². The van der Waals surface area contributed by atoms with Crippen LogP contribution in [-0.2, 0) is 0 Å². The maximum Gasteiger partial charge on any atom is 0.166 e. The van der Waals surface area contributed by atoms with Crippen molar-refractivity contribution < 1.29 is 4.79 Å². The molecular weight excluding hydrogens is 226 g/mol. The monoisotopic (exact) mass is 247 g/mol. The molecule has 3 N–H and O–H groups in total. The van der Waals surface area contributed by atoms with Crippen molar-refractivity contribution in [2.75, 3.05) is 18.8 Å². The number of nitrogens with one attached hydrogen (secondary N) is 1. The Kier molecular flexibility index (Phi) is 4.31. The van der Waals surface area contributed by atoms with Gasteiger partial charge in [-0.1, -0.05) is 0 Å². The molecule has 1 aromatic heterocycles. The average Bonchev–Trinajstić information content (AvgIpc) is 2.40. The molecular formula is C14H21N3O. The molecule has 18 heavy (non-hydrogen) atoms. The van der Waals surface area contributed by atoms with Crippen LogP contribution in [0.3, 0.4) is 0 Å². The second-order valence-corrected chi connectivity index (χ2v) is 5.12. The lowest BCUT2D eigenvalue weighted by Crippen LogP contribution is -2.30. The van der Waals surface area contributed by atoms with E-state index < -0.39 is 0 Å². The molecule has 1 aliphatic rings. The summed E-state index contributed by atoms with van der Waals surface area (Å²) in [5.41, 5.74) is 7.32. The number of hydrogen-bond donors (Lipinski definition) is 2. The smallest absolute Gasteiger partial charge is 0.166 e. The fourth-order valence-corrected chi connectivity index (χ4v) is 2.44. The van der Waals surface area contributed by atoms with E-state index in [9.17, 15) is 4.79 Å². The van der Waals surface area contributed by atoms with Crippen molar-refractivity contribution in [1.29, 1.82) is 0 Å². The molecule has 1 unspecified atom stereocenters. The number of rotatable bonds is 4. The molecule has 0 saturated carbocycles. The van der Waals surface area contributed by atoms with Gasteiger partial charge in [0.15, 0.2) is 5.78 Å². The Hall–Kier alpha value is -1.42. The van der Waals surface area contributed by atoms with E-state index in [2.05, 4.69) is 10.3 Å². The van der Waals surface area contributed by atoms with Crippen molar-refractivity contribution in [3.8, 4) is 0 Å². The summed E-state index contributed by atoms with van der Waals surface area (Å²) in [4.78, 5) is 16.2. The van der Waals surface area contributed by atoms with Crippen LogP contribution in [0, 0.1) is 12.8 Å². The van der Waals surface area contributed by atoms with Gasteiger partial charge in [0.05, 0.1) is 5.56 Å². The Bertz CT molecular complexity index is 425. The lowest BCUT2D eigenvalue weighted by atomic mass is 9.92. The Morgan fingerprint density at radius 1 is 1.61 bits per heavy atom. The van der Waals surface area contributed by atoms with Gasteiger partial charge in [-0.3, -0.25) is 4.79 Å². The van der Waals surface area contributed by atoms with Crippen LogP contribution in [0.4, 0.5) is 5.82 Å². The number of piperidine rings is 1. The third-order valence-electron chi connectivity index (χ3n) is 3.53. The minimum Gasteiger partial charge on any atom is -0.383 e. The first-order chi connectivity index (χ1) is 8.66. The Morgan fingerprint density at radius 2 is 2.44 bits per heavy atom. The summed E-state index contributed by atoms with van der Waals surface area (Å²) in [6.07, 6.45) is 5.65. The van der Waals surface area contributed by atoms with Gasteiger partial charge in [0.1, 0.15) is 5.82 Å². The van der Waals surface area contributed by atoms with Crippen molar-refractivity contribution in [2.24, 2.45) is 5.92 Å². The SMILES string of the molecule is Cc1cnc(N)c(C(=O)CCC2CCCNC2)c1. The predicted octanol–water partition coefficient (Wildman–Crippen LogP) is 1.93. The molecule has 0 aromatic carbocycles. The van der Waals surface area contributed by atoms with Crippen molar-refractivity contribution in [1.82, 2.24) is 10.3 Å². The molecule has 98 valence electrons. The van der Waals surface area contributed by atoms with Crippen LogP contribution < -0.4 is 11.1 Å². The van der Waals surface area contributed by atoms with E-state index in [1.165, 1.54) is 12.8 Å². The maximum absolute atomic E-state index is 12.1. The number of nitrogens with zero attached hydrogens (tertiary/aromatic N) is 1. The first-order valence-corrected chi connectivity index (χ1v) is 6.63. The van der Waals surface area contributed by atoms with Crippen LogP contribution in [0.1, 0.15) is 41.6 Å². The van der Waals surface area contributed by atoms with Crippen LogP contribution >= 0.6 is 0 Å². The minimum atomic E-state index is 0.120. The molecule has 0 aliphatic carbocycles. The van der Waals surface area contributed by atoms with Crippen LogP contribution in [-0.4, -0.2) is 23.9 Å². The normalized spacial score (nSPS) is 19.7. The number of Topliss-reactive ketones (excluding diaryl/α,β-unsaturated/α-hetero) is 1. The summed E-state index contributed by atoms with van der Waals surface area (Å²) < 4.78 is 0. The van der Waals surface area contributed by atoms with E-state index in [1.54, 1.807) is 6.20 Å². The maximum atomic E-state index is 12.1. The van der Waals surface area contributed by atoms with Crippen molar-refractivity contribution >= 4 is 11.6 Å². The van der Waals surface area contributed by atoms with Gasteiger partial charge in [-0.25, -0.2) is 4.98 Å². The highest BCUT2D eigenvalue weighted by Crippen LogP contribution is 2.19. The Labute approximate surface area is 108 Å². The van der Waals surface area contributed by atoms with Crippen LogP contribution in [0.25, 0.3) is 0 Å². The highest BCUT2D eigenvalue weighted by molar-refractivity contribution is 6.00. The number of carbonyl (C=O) groups is 1. The quantitative estimate of drug-likeness (QED) is 0.798. The fourth-order valence-electron chi connectivity index (χ4n) is 2.44. The summed E-state index contributed by atoms with van der Waals surface area (Å²) in [6.45, 7) is 4.07. The molecule has 0 bridgehead atoms. The van der Waals surface area contributed by atoms with E-state index in [0.29, 0.717) is 23.7 Å². The number of nitrogen functional groups attached to an aromatic ring is 1. The molecule has 4 heteroatoms. The second kappa shape index (κ2) is 5.96. The van der Waals surface area contributed by atoms with Crippen LogP contribution in [0.15, 0.2) is 12.3 Å². The van der Waals surface area contributed by atoms with Crippen molar-refractivity contribution in [2.45, 2.75) is 32.6 Å². The first kappa shape index (κ1) is 13.0.